The standard InChI is InChI=1S/C56H90O31/c1-21-13-55-9-5-32-53(2,33(55)6-10-56(21,20-55)87-47-25(77-48-41(72)38(69)34(65)27(15-58)79-48)12-23(63)31(83-47)19-76-46-24(64)11-22(62)26(14-57)78-46)7-4-8-54(32,3)52(75)86-51-45(85-50-43(74)40(71)36(67)29(17-60)81-50)44(37(68)30(18-61)82-51)84-49-42(73)39(70)35(66)28(16-59)80-49/h22-51,57-74H,1,4-20H2,2-3H3/t22?,23?,24?,25?,26?,27?,28?,29?,30?,31?,32?,33-,34?,35?,36?,37?,38?,39?,40?,41?,42?,43?,44?,45?,46?,47?,48?,49?,50?,51?,53+,54+,55+,56-/m0/s1. The maximum absolute atomic E-state index is 15.4. The summed E-state index contributed by atoms with van der Waals surface area (Å²) >= 11 is 0. The van der Waals surface area contributed by atoms with Crippen molar-refractivity contribution in [2.75, 3.05) is 39.6 Å². The normalized spacial score (nSPS) is 53.7. The van der Waals surface area contributed by atoms with E-state index in [9.17, 15) is 91.9 Å². The first kappa shape index (κ1) is 67.9. The highest BCUT2D eigenvalue weighted by atomic mass is 16.8. The molecule has 29 unspecified atom stereocenters. The third kappa shape index (κ3) is 12.5. The van der Waals surface area contributed by atoms with Crippen molar-refractivity contribution >= 4 is 5.97 Å². The highest BCUT2D eigenvalue weighted by Crippen LogP contribution is 2.74. The van der Waals surface area contributed by atoms with Crippen molar-refractivity contribution < 1.29 is 154 Å². The number of aliphatic hydroxyl groups is 18. The molecule has 4 saturated carbocycles. The predicted molar refractivity (Wildman–Crippen MR) is 282 cm³/mol. The van der Waals surface area contributed by atoms with E-state index >= 15 is 4.79 Å². The van der Waals surface area contributed by atoms with Crippen molar-refractivity contribution in [3.8, 4) is 0 Å². The van der Waals surface area contributed by atoms with Crippen LogP contribution < -0.4 is 0 Å². The minimum atomic E-state index is -2.06. The van der Waals surface area contributed by atoms with Crippen LogP contribution in [0.5, 0.6) is 0 Å². The smallest absolute Gasteiger partial charge is 0.314 e. The summed E-state index contributed by atoms with van der Waals surface area (Å²) in [6.45, 7) is 4.13. The summed E-state index contributed by atoms with van der Waals surface area (Å²) in [5, 5.41) is 192. The maximum atomic E-state index is 15.4. The van der Waals surface area contributed by atoms with Crippen LogP contribution in [0.4, 0.5) is 0 Å². The van der Waals surface area contributed by atoms with Gasteiger partial charge in [0.25, 0.3) is 0 Å². The average Bonchev–Trinajstić information content (AvgIpc) is 1.63. The van der Waals surface area contributed by atoms with Crippen LogP contribution in [0.25, 0.3) is 0 Å². The molecular formula is C56H90O31. The molecule has 0 aromatic heterocycles. The van der Waals surface area contributed by atoms with E-state index in [1.165, 1.54) is 0 Å². The fourth-order valence-corrected chi connectivity index (χ4v) is 16.3. The van der Waals surface area contributed by atoms with Crippen LogP contribution in [0.1, 0.15) is 84.5 Å². The molecule has 0 radical (unpaired) electrons. The number of rotatable bonds is 18. The molecule has 1 spiro atoms. The molecule has 10 rings (SSSR count). The highest BCUT2D eigenvalue weighted by molar-refractivity contribution is 5.77. The number of esters is 1. The Morgan fingerprint density at radius 1 is 0.494 bits per heavy atom. The first-order chi connectivity index (χ1) is 41.2. The van der Waals surface area contributed by atoms with Gasteiger partial charge in [0.1, 0.15) is 116 Å². The lowest BCUT2D eigenvalue weighted by molar-refractivity contribution is -0.389. The molecule has 4 aliphatic carbocycles. The lowest BCUT2D eigenvalue weighted by atomic mass is 9.41. The molecular weight excluding hydrogens is 1170 g/mol. The van der Waals surface area contributed by atoms with Crippen molar-refractivity contribution in [2.24, 2.45) is 28.1 Å². The molecule has 31 nitrogen and oxygen atoms in total. The third-order valence-corrected chi connectivity index (χ3v) is 21.0. The molecule has 6 saturated heterocycles. The van der Waals surface area contributed by atoms with Gasteiger partial charge in [-0.15, -0.1) is 0 Å². The van der Waals surface area contributed by atoms with Gasteiger partial charge in [-0.25, -0.2) is 0 Å². The van der Waals surface area contributed by atoms with Crippen LogP contribution in [0.15, 0.2) is 12.2 Å². The lowest BCUT2D eigenvalue weighted by Gasteiger charge is -2.64. The number of aliphatic hydroxyl groups excluding tert-OH is 18. The molecule has 0 amide bonds. The molecule has 10 fully saturated rings. The topological polar surface area (TPSA) is 492 Å². The van der Waals surface area contributed by atoms with E-state index in [1.807, 2.05) is 0 Å². The Bertz CT molecular complexity index is 2320. The Kier molecular flexibility index (Phi) is 20.9. The van der Waals surface area contributed by atoms with Gasteiger partial charge < -0.3 is 149 Å². The maximum Gasteiger partial charge on any atom is 0.314 e. The summed E-state index contributed by atoms with van der Waals surface area (Å²) in [6, 6.07) is 0. The molecule has 87 heavy (non-hydrogen) atoms. The molecule has 500 valence electrons. The molecule has 6 heterocycles. The van der Waals surface area contributed by atoms with E-state index in [1.54, 1.807) is 6.92 Å². The summed E-state index contributed by atoms with van der Waals surface area (Å²) < 4.78 is 72.9. The van der Waals surface area contributed by atoms with Gasteiger partial charge >= 0.3 is 5.97 Å². The number of ether oxygens (including phenoxy) is 12. The van der Waals surface area contributed by atoms with Crippen LogP contribution in [-0.2, 0) is 61.6 Å². The molecule has 34 atom stereocenters. The summed E-state index contributed by atoms with van der Waals surface area (Å²) in [4.78, 5) is 15.4. The van der Waals surface area contributed by atoms with Gasteiger partial charge in [-0.1, -0.05) is 19.9 Å². The monoisotopic (exact) mass is 1260 g/mol. The van der Waals surface area contributed by atoms with Crippen molar-refractivity contribution in [3.63, 3.8) is 0 Å². The molecule has 0 aromatic carbocycles. The minimum Gasteiger partial charge on any atom is -0.432 e. The number of hydrogen-bond donors (Lipinski definition) is 18. The molecule has 31 heteroatoms. The van der Waals surface area contributed by atoms with Crippen LogP contribution in [0.3, 0.4) is 0 Å². The van der Waals surface area contributed by atoms with Gasteiger partial charge in [-0.3, -0.25) is 4.79 Å². The van der Waals surface area contributed by atoms with Crippen LogP contribution in [0, 0.1) is 28.1 Å². The Balaban J connectivity index is 0.892. The summed E-state index contributed by atoms with van der Waals surface area (Å²) in [6.07, 6.45) is -42.3. The second-order valence-electron chi connectivity index (χ2n) is 26.3. The number of hydrogen-bond acceptors (Lipinski definition) is 31. The molecule has 10 aliphatic rings. The SMILES string of the molecule is C=C1C[C@@]23CCC4[C@](C)(C(=O)OC5OC(CO)C(O)C(OC6OC(CO)C(O)C(O)C6O)C5OC5OC(CO)C(O)C(O)C5O)CCC[C@@]4(C)[C@@H]2CC[C@]1(OC1OC(COC2OC(CO)C(O)CC2O)C(O)CC1OC1OC(CO)C(O)C(O)C1O)C3. The van der Waals surface area contributed by atoms with Crippen molar-refractivity contribution in [3.05, 3.63) is 12.2 Å². The van der Waals surface area contributed by atoms with Crippen molar-refractivity contribution in [2.45, 2.75) is 262 Å². The fourth-order valence-electron chi connectivity index (χ4n) is 16.3. The van der Waals surface area contributed by atoms with E-state index in [0.29, 0.717) is 57.8 Å². The largest absolute Gasteiger partial charge is 0.432 e. The Morgan fingerprint density at radius 2 is 0.977 bits per heavy atom. The molecule has 2 bridgehead atoms. The zero-order valence-corrected chi connectivity index (χ0v) is 48.4. The summed E-state index contributed by atoms with van der Waals surface area (Å²) in [5.41, 5.74) is -2.68. The number of fused-ring (bicyclic) bond motifs is 3. The van der Waals surface area contributed by atoms with Crippen LogP contribution in [0.2, 0.25) is 0 Å². The van der Waals surface area contributed by atoms with E-state index < -0.39 is 233 Å². The Morgan fingerprint density at radius 3 is 1.54 bits per heavy atom. The summed E-state index contributed by atoms with van der Waals surface area (Å²) in [7, 11) is 0. The Labute approximate surface area is 500 Å². The van der Waals surface area contributed by atoms with E-state index in [-0.39, 0.29) is 31.3 Å². The fraction of sp³-hybridized carbons (Fsp3) is 0.946. The van der Waals surface area contributed by atoms with Crippen LogP contribution in [-0.4, -0.2) is 315 Å². The molecule has 6 aliphatic heterocycles. The zero-order chi connectivity index (χ0) is 63.0. The van der Waals surface area contributed by atoms with Gasteiger partial charge in [0.15, 0.2) is 37.6 Å². The van der Waals surface area contributed by atoms with E-state index in [2.05, 4.69) is 13.5 Å². The van der Waals surface area contributed by atoms with Crippen molar-refractivity contribution in [1.82, 2.24) is 0 Å². The van der Waals surface area contributed by atoms with Crippen molar-refractivity contribution in [1.29, 1.82) is 0 Å². The average molecular weight is 1260 g/mol. The van der Waals surface area contributed by atoms with Gasteiger partial charge in [-0.05, 0) is 86.5 Å². The predicted octanol–water partition coefficient (Wildman–Crippen LogP) is -7.41. The molecule has 0 aromatic rings. The second kappa shape index (κ2) is 26.8. The number of carbonyl (C=O) groups excluding carboxylic acids is 1. The third-order valence-electron chi connectivity index (χ3n) is 21.0. The Hall–Kier alpha value is -1.95. The molecule has 18 N–H and O–H groups in total. The van der Waals surface area contributed by atoms with Gasteiger partial charge in [0.2, 0.25) is 6.29 Å². The first-order valence-corrected chi connectivity index (χ1v) is 30.2. The quantitative estimate of drug-likeness (QED) is 0.0344. The van der Waals surface area contributed by atoms with E-state index in [4.69, 9.17) is 56.8 Å². The first-order valence-electron chi connectivity index (χ1n) is 30.2. The van der Waals surface area contributed by atoms with Gasteiger partial charge in [0, 0.05) is 12.8 Å². The number of carbonyl (C=O) groups is 1. The summed E-state index contributed by atoms with van der Waals surface area (Å²) in [5.74, 6) is -1.24. The van der Waals surface area contributed by atoms with Crippen LogP contribution >= 0.6 is 0 Å². The minimum absolute atomic E-state index is 0.0647. The van der Waals surface area contributed by atoms with E-state index in [0.717, 1.165) is 5.57 Å². The van der Waals surface area contributed by atoms with Gasteiger partial charge in [-0.2, -0.15) is 0 Å². The lowest BCUT2D eigenvalue weighted by Crippen LogP contribution is -2.67. The zero-order valence-electron chi connectivity index (χ0n) is 48.4. The second-order valence-corrected chi connectivity index (χ2v) is 26.3. The van der Waals surface area contributed by atoms with Gasteiger partial charge in [0.05, 0.1) is 62.9 Å². The highest BCUT2D eigenvalue weighted by Gasteiger charge is 2.70.